The van der Waals surface area contributed by atoms with Crippen LogP contribution in [0.5, 0.6) is 0 Å². The van der Waals surface area contributed by atoms with Crippen molar-refractivity contribution in [2.75, 3.05) is 0 Å². The predicted molar refractivity (Wildman–Crippen MR) is 61.1 cm³/mol. The second-order valence-electron chi connectivity index (χ2n) is 2.52. The summed E-state index contributed by atoms with van der Waals surface area (Å²) in [7, 11) is 0. The maximum Gasteiger partial charge on any atom is 0.133 e. The van der Waals surface area contributed by atoms with Gasteiger partial charge in [0.05, 0.1) is 25.5 Å². The van der Waals surface area contributed by atoms with Gasteiger partial charge in [-0.05, 0) is 0 Å². The molecule has 0 amide bonds. The zero-order valence-corrected chi connectivity index (χ0v) is 10.1. The summed E-state index contributed by atoms with van der Waals surface area (Å²) >= 11 is 29.3. The van der Waals surface area contributed by atoms with Crippen molar-refractivity contribution in [3.8, 4) is 0 Å². The molecule has 1 N–H and O–H groups in total. The van der Waals surface area contributed by atoms with E-state index in [4.69, 9.17) is 58.0 Å². The van der Waals surface area contributed by atoms with Crippen molar-refractivity contribution in [1.82, 2.24) is 10.2 Å². The van der Waals surface area contributed by atoms with Crippen molar-refractivity contribution < 1.29 is 0 Å². The molecule has 0 bridgehead atoms. The van der Waals surface area contributed by atoms with Crippen LogP contribution >= 0.6 is 58.0 Å². The predicted octanol–water partition coefficient (Wildman–Crippen LogP) is 4.83. The van der Waals surface area contributed by atoms with Crippen LogP contribution < -0.4 is 0 Å². The zero-order valence-electron chi connectivity index (χ0n) is 6.34. The van der Waals surface area contributed by atoms with E-state index in [1.807, 2.05) is 0 Å². The Morgan fingerprint density at radius 2 is 1.36 bits per heavy atom. The molecule has 2 rings (SSSR count). The third-order valence-corrected chi connectivity index (χ3v) is 3.79. The highest BCUT2D eigenvalue weighted by Gasteiger charge is 2.19. The number of nitrogens with zero attached hydrogens (tertiary/aromatic N) is 1. The lowest BCUT2D eigenvalue weighted by atomic mass is 10.2. The van der Waals surface area contributed by atoms with Gasteiger partial charge >= 0.3 is 0 Å². The fraction of sp³-hybridized carbons (Fsp3) is 0. The van der Waals surface area contributed by atoms with Gasteiger partial charge in [-0.15, -0.1) is 0 Å². The summed E-state index contributed by atoms with van der Waals surface area (Å²) in [6, 6.07) is 0. The highest BCUT2D eigenvalue weighted by molar-refractivity contribution is 6.56. The minimum Gasteiger partial charge on any atom is -0.266 e. The Bertz CT molecular complexity index is 519. The topological polar surface area (TPSA) is 28.7 Å². The number of aromatic nitrogens is 2. The van der Waals surface area contributed by atoms with Gasteiger partial charge in [0.2, 0.25) is 0 Å². The molecule has 1 heterocycles. The Morgan fingerprint density at radius 3 is 2.00 bits per heavy atom. The number of fused-ring (bicyclic) bond motifs is 1. The average molecular weight is 290 g/mol. The van der Waals surface area contributed by atoms with E-state index in [0.717, 1.165) is 0 Å². The fourth-order valence-corrected chi connectivity index (χ4v) is 2.34. The molecule has 7 heteroatoms. The molecule has 2 nitrogen and oxygen atoms in total. The van der Waals surface area contributed by atoms with Crippen molar-refractivity contribution in [3.63, 3.8) is 0 Å². The minimum atomic E-state index is 0.175. The first kappa shape index (κ1) is 10.7. The van der Waals surface area contributed by atoms with Crippen LogP contribution in [0.4, 0.5) is 0 Å². The highest BCUT2D eigenvalue weighted by Crippen LogP contribution is 2.44. The van der Waals surface area contributed by atoms with E-state index in [9.17, 15) is 0 Å². The Hall–Kier alpha value is 0.140. The molecule has 0 aliphatic heterocycles. The summed E-state index contributed by atoms with van der Waals surface area (Å²) < 4.78 is 0. The molecular weight excluding hydrogens is 289 g/mol. The third-order valence-electron chi connectivity index (χ3n) is 1.73. The summed E-state index contributed by atoms with van der Waals surface area (Å²) in [6.45, 7) is 0. The number of rotatable bonds is 0. The second kappa shape index (κ2) is 3.62. The maximum atomic E-state index is 5.93. The summed E-state index contributed by atoms with van der Waals surface area (Å²) in [6.07, 6.45) is 0. The van der Waals surface area contributed by atoms with E-state index in [0.29, 0.717) is 10.9 Å². The van der Waals surface area contributed by atoms with Gasteiger partial charge in [0.25, 0.3) is 0 Å². The Morgan fingerprint density at radius 1 is 0.786 bits per heavy atom. The number of hydrogen-bond donors (Lipinski definition) is 1. The molecule has 0 atom stereocenters. The molecule has 1 aromatic heterocycles. The normalized spacial score (nSPS) is 11.2. The van der Waals surface area contributed by atoms with Crippen LogP contribution in [0.15, 0.2) is 0 Å². The van der Waals surface area contributed by atoms with E-state index >= 15 is 0 Å². The highest BCUT2D eigenvalue weighted by atomic mass is 35.5. The van der Waals surface area contributed by atoms with Crippen LogP contribution in [0.3, 0.4) is 0 Å². The minimum absolute atomic E-state index is 0.175. The van der Waals surface area contributed by atoms with Crippen LogP contribution in [-0.4, -0.2) is 10.2 Å². The Balaban J connectivity index is 3.05. The van der Waals surface area contributed by atoms with E-state index < -0.39 is 0 Å². The molecule has 0 fully saturated rings. The summed E-state index contributed by atoms with van der Waals surface area (Å²) in [5.74, 6) is 0. The van der Waals surface area contributed by atoms with Gasteiger partial charge in [-0.1, -0.05) is 58.0 Å². The van der Waals surface area contributed by atoms with Gasteiger partial charge in [-0.2, -0.15) is 5.10 Å². The zero-order chi connectivity index (χ0) is 10.5. The van der Waals surface area contributed by atoms with Gasteiger partial charge in [0.1, 0.15) is 10.7 Å². The van der Waals surface area contributed by atoms with Crippen molar-refractivity contribution >= 4 is 68.9 Å². The molecule has 0 saturated carbocycles. The molecule has 0 radical (unpaired) electrons. The SMILES string of the molecule is Clc1c(Cl)c(Cl)c2c(Cl)[nH]nc2c1Cl. The first-order valence-corrected chi connectivity index (χ1v) is 5.28. The molecular formula is C7HCl5N2. The van der Waals surface area contributed by atoms with E-state index in [1.54, 1.807) is 0 Å². The summed E-state index contributed by atoms with van der Waals surface area (Å²) in [5.41, 5.74) is 0.413. The molecule has 0 aliphatic rings. The first-order chi connectivity index (χ1) is 6.54. The third kappa shape index (κ3) is 1.37. The van der Waals surface area contributed by atoms with Crippen LogP contribution in [0.2, 0.25) is 25.2 Å². The van der Waals surface area contributed by atoms with Crippen molar-refractivity contribution in [2.45, 2.75) is 0 Å². The van der Waals surface area contributed by atoms with Crippen LogP contribution in [0.1, 0.15) is 0 Å². The average Bonchev–Trinajstić information content (AvgIpc) is 2.54. The Kier molecular flexibility index (Phi) is 2.75. The van der Waals surface area contributed by atoms with Crippen molar-refractivity contribution in [3.05, 3.63) is 25.2 Å². The lowest BCUT2D eigenvalue weighted by Crippen LogP contribution is -1.78. The molecule has 0 aliphatic carbocycles. The van der Waals surface area contributed by atoms with Crippen molar-refractivity contribution in [1.29, 1.82) is 0 Å². The van der Waals surface area contributed by atoms with Crippen molar-refractivity contribution in [2.24, 2.45) is 0 Å². The lowest BCUT2D eigenvalue weighted by molar-refractivity contribution is 1.12. The van der Waals surface area contributed by atoms with Crippen LogP contribution in [0.25, 0.3) is 10.9 Å². The molecule has 74 valence electrons. The van der Waals surface area contributed by atoms with E-state index in [1.165, 1.54) is 0 Å². The van der Waals surface area contributed by atoms with E-state index in [-0.39, 0.29) is 25.2 Å². The number of nitrogens with one attached hydrogen (secondary N) is 1. The monoisotopic (exact) mass is 288 g/mol. The lowest BCUT2D eigenvalue weighted by Gasteiger charge is -2.02. The summed E-state index contributed by atoms with van der Waals surface area (Å²) in [5, 5.41) is 8.00. The number of hydrogen-bond acceptors (Lipinski definition) is 1. The molecule has 0 spiro atoms. The molecule has 1 aromatic carbocycles. The molecule has 14 heavy (non-hydrogen) atoms. The van der Waals surface area contributed by atoms with Gasteiger partial charge in [0, 0.05) is 0 Å². The van der Waals surface area contributed by atoms with Crippen LogP contribution in [0, 0.1) is 0 Å². The fourth-order valence-electron chi connectivity index (χ4n) is 1.09. The maximum absolute atomic E-state index is 5.93. The number of benzene rings is 1. The van der Waals surface area contributed by atoms with Gasteiger partial charge in [-0.25, -0.2) is 0 Å². The van der Waals surface area contributed by atoms with Gasteiger partial charge in [0.15, 0.2) is 0 Å². The quantitative estimate of drug-likeness (QED) is 0.546. The van der Waals surface area contributed by atoms with E-state index in [2.05, 4.69) is 10.2 Å². The molecule has 0 saturated heterocycles. The smallest absolute Gasteiger partial charge is 0.133 e. The molecule has 0 unspecified atom stereocenters. The van der Waals surface area contributed by atoms with Crippen LogP contribution in [-0.2, 0) is 0 Å². The number of H-pyrrole nitrogens is 1. The molecule has 2 aromatic rings. The number of halogens is 5. The largest absolute Gasteiger partial charge is 0.266 e. The number of aromatic amines is 1. The second-order valence-corrected chi connectivity index (χ2v) is 4.41. The Labute approximate surface area is 104 Å². The van der Waals surface area contributed by atoms with Gasteiger partial charge in [-0.3, -0.25) is 5.10 Å². The standard InChI is InChI=1S/C7HCl5N2/c8-2-1-6(13-14-7(1)12)5(11)4(10)3(2)9/h(H,13,14). The van der Waals surface area contributed by atoms with Gasteiger partial charge < -0.3 is 0 Å². The first-order valence-electron chi connectivity index (χ1n) is 3.39. The summed E-state index contributed by atoms with van der Waals surface area (Å²) in [4.78, 5) is 0.